The van der Waals surface area contributed by atoms with E-state index in [2.05, 4.69) is 0 Å². The van der Waals surface area contributed by atoms with Crippen molar-refractivity contribution in [2.45, 2.75) is 100 Å². The molecule has 0 unspecified atom stereocenters. The summed E-state index contributed by atoms with van der Waals surface area (Å²) in [6.07, 6.45) is -13.8. The van der Waals surface area contributed by atoms with Gasteiger partial charge in [0.15, 0.2) is 30.7 Å². The summed E-state index contributed by atoms with van der Waals surface area (Å²) in [7, 11) is 0. The third-order valence-corrected chi connectivity index (χ3v) is 8.70. The molecular formula is C35H40O16S. The van der Waals surface area contributed by atoms with E-state index < -0.39 is 110 Å². The molecule has 0 amide bonds. The highest BCUT2D eigenvalue weighted by molar-refractivity contribution is 7.99. The van der Waals surface area contributed by atoms with Crippen molar-refractivity contribution in [1.82, 2.24) is 0 Å². The molecule has 0 aliphatic carbocycles. The van der Waals surface area contributed by atoms with Crippen molar-refractivity contribution in [1.29, 1.82) is 0 Å². The van der Waals surface area contributed by atoms with E-state index in [0.717, 1.165) is 46.4 Å². The zero-order chi connectivity index (χ0) is 37.9. The number of aliphatic hydroxyl groups excluding tert-OH is 1. The monoisotopic (exact) mass is 748 g/mol. The van der Waals surface area contributed by atoms with Gasteiger partial charge >= 0.3 is 35.8 Å². The number of benzene rings is 2. The Balaban J connectivity index is 1.74. The zero-order valence-corrected chi connectivity index (χ0v) is 29.8. The molecule has 10 atom stereocenters. The van der Waals surface area contributed by atoms with Crippen molar-refractivity contribution in [2.24, 2.45) is 0 Å². The minimum absolute atomic E-state index is 0.200. The van der Waals surface area contributed by atoms with Crippen LogP contribution in [0.15, 0.2) is 65.6 Å². The average Bonchev–Trinajstić information content (AvgIpc) is 3.08. The summed E-state index contributed by atoms with van der Waals surface area (Å²) >= 11 is 1.13. The number of hydrogen-bond donors (Lipinski definition) is 1. The maximum Gasteiger partial charge on any atom is 0.338 e. The van der Waals surface area contributed by atoms with Crippen LogP contribution in [0.4, 0.5) is 0 Å². The summed E-state index contributed by atoms with van der Waals surface area (Å²) in [4.78, 5) is 75.0. The lowest BCUT2D eigenvalue weighted by molar-refractivity contribution is -0.340. The lowest BCUT2D eigenvalue weighted by Crippen LogP contribution is -2.66. The lowest BCUT2D eigenvalue weighted by Gasteiger charge is -2.48. The van der Waals surface area contributed by atoms with Crippen LogP contribution in [0.1, 0.15) is 45.0 Å². The van der Waals surface area contributed by atoms with Crippen molar-refractivity contribution in [2.75, 3.05) is 13.2 Å². The number of thioether (sulfide) groups is 1. The molecule has 0 spiro atoms. The fraction of sp³-hybridized carbons (Fsp3) is 0.486. The van der Waals surface area contributed by atoms with Gasteiger partial charge in [-0.2, -0.15) is 0 Å². The molecule has 2 heterocycles. The normalized spacial score (nSPS) is 28.4. The molecule has 17 heteroatoms. The first kappa shape index (κ1) is 40.2. The van der Waals surface area contributed by atoms with Crippen molar-refractivity contribution in [3.63, 3.8) is 0 Å². The minimum atomic E-state index is -1.75. The molecule has 2 aliphatic rings. The van der Waals surface area contributed by atoms with Gasteiger partial charge in [0.2, 0.25) is 0 Å². The standard InChI is InChI=1S/C35H40O16S/c1-18(36)43-17-26-28(30(46-20(3)38)32(48-22(5)40)35(50-26)52-24-14-10-7-11-15-24)51-34-31(47-21(4)39)29(45-19(2)37)27(41)25(49-34)16-44-33(42)23-12-8-6-9-13-23/h6-15,25-32,34-35,41H,16-17H2,1-5H3/t25-,26-,27+,28-,29+,30+,31-,32-,34+,35+/m1/s1. The van der Waals surface area contributed by atoms with Crippen LogP contribution in [0, 0.1) is 0 Å². The predicted octanol–water partition coefficient (Wildman–Crippen LogP) is 2.12. The SMILES string of the molecule is CC(=O)OC[C@H]1O[C@@H](Sc2ccccc2)[C@H](OC(C)=O)[C@@H](OC(C)=O)[C@@H]1O[C@@H]1O[C@H](COC(=O)c2ccccc2)[C@H](O)[C@H](OC(C)=O)[C@H]1OC(C)=O. The molecule has 16 nitrogen and oxygen atoms in total. The maximum atomic E-state index is 12.8. The van der Waals surface area contributed by atoms with E-state index in [-0.39, 0.29) is 5.56 Å². The van der Waals surface area contributed by atoms with Crippen LogP contribution in [0.2, 0.25) is 0 Å². The highest BCUT2D eigenvalue weighted by Gasteiger charge is 2.56. The van der Waals surface area contributed by atoms with Crippen LogP contribution in [0.5, 0.6) is 0 Å². The molecule has 52 heavy (non-hydrogen) atoms. The Morgan fingerprint density at radius 1 is 0.596 bits per heavy atom. The van der Waals surface area contributed by atoms with E-state index in [0.29, 0.717) is 4.90 Å². The highest BCUT2D eigenvalue weighted by atomic mass is 32.2. The van der Waals surface area contributed by atoms with Crippen molar-refractivity contribution in [3.05, 3.63) is 66.2 Å². The van der Waals surface area contributed by atoms with Gasteiger partial charge in [0, 0.05) is 39.5 Å². The first-order chi connectivity index (χ1) is 24.7. The molecule has 0 saturated carbocycles. The van der Waals surface area contributed by atoms with Gasteiger partial charge in [0.05, 0.1) is 5.56 Å². The highest BCUT2D eigenvalue weighted by Crippen LogP contribution is 2.39. The molecule has 0 aromatic heterocycles. The Morgan fingerprint density at radius 3 is 1.69 bits per heavy atom. The van der Waals surface area contributed by atoms with Gasteiger partial charge in [-0.1, -0.05) is 48.2 Å². The fourth-order valence-electron chi connectivity index (χ4n) is 5.50. The van der Waals surface area contributed by atoms with E-state index in [1.807, 2.05) is 0 Å². The molecule has 2 fully saturated rings. The summed E-state index contributed by atoms with van der Waals surface area (Å²) < 4.78 is 51.6. The van der Waals surface area contributed by atoms with Gasteiger partial charge in [-0.15, -0.1) is 0 Å². The van der Waals surface area contributed by atoms with E-state index in [4.69, 9.17) is 42.6 Å². The van der Waals surface area contributed by atoms with Crippen LogP contribution in [-0.2, 0) is 66.6 Å². The summed E-state index contributed by atoms with van der Waals surface area (Å²) in [6.45, 7) is 4.48. The molecule has 0 radical (unpaired) electrons. The molecule has 282 valence electrons. The Hall–Kier alpha value is -4.55. The third kappa shape index (κ3) is 11.2. The number of ether oxygens (including phenoxy) is 9. The van der Waals surface area contributed by atoms with Crippen LogP contribution in [0.3, 0.4) is 0 Å². The fourth-order valence-corrected chi connectivity index (χ4v) is 6.62. The third-order valence-electron chi connectivity index (χ3n) is 7.54. The molecule has 2 aliphatic heterocycles. The van der Waals surface area contributed by atoms with Gasteiger partial charge in [-0.05, 0) is 24.3 Å². The predicted molar refractivity (Wildman–Crippen MR) is 176 cm³/mol. The number of aliphatic hydroxyl groups is 1. The van der Waals surface area contributed by atoms with Gasteiger partial charge in [-0.25, -0.2) is 4.79 Å². The zero-order valence-electron chi connectivity index (χ0n) is 28.9. The largest absolute Gasteiger partial charge is 0.463 e. The molecule has 2 aromatic rings. The van der Waals surface area contributed by atoms with Crippen LogP contribution in [-0.4, -0.2) is 115 Å². The second kappa shape index (κ2) is 18.8. The molecule has 2 aromatic carbocycles. The topological polar surface area (TPSA) is 206 Å². The number of hydrogen-bond acceptors (Lipinski definition) is 17. The quantitative estimate of drug-likeness (QED) is 0.230. The average molecular weight is 749 g/mol. The molecular weight excluding hydrogens is 708 g/mol. The first-order valence-corrected chi connectivity index (χ1v) is 17.0. The second-order valence-electron chi connectivity index (χ2n) is 11.7. The van der Waals surface area contributed by atoms with Crippen LogP contribution >= 0.6 is 11.8 Å². The smallest absolute Gasteiger partial charge is 0.338 e. The number of rotatable bonds is 13. The second-order valence-corrected chi connectivity index (χ2v) is 12.8. The van der Waals surface area contributed by atoms with Gasteiger partial charge < -0.3 is 47.7 Å². The summed E-state index contributed by atoms with van der Waals surface area (Å²) in [5.41, 5.74) is -0.848. The van der Waals surface area contributed by atoms with Crippen molar-refractivity contribution >= 4 is 47.6 Å². The van der Waals surface area contributed by atoms with E-state index in [1.54, 1.807) is 48.5 Å². The Bertz CT molecular complexity index is 1550. The van der Waals surface area contributed by atoms with Crippen LogP contribution < -0.4 is 0 Å². The van der Waals surface area contributed by atoms with Gasteiger partial charge in [0.1, 0.15) is 43.1 Å². The van der Waals surface area contributed by atoms with Crippen molar-refractivity contribution in [3.8, 4) is 0 Å². The van der Waals surface area contributed by atoms with Crippen molar-refractivity contribution < 1.29 is 76.5 Å². The number of carbonyl (C=O) groups excluding carboxylic acids is 6. The first-order valence-electron chi connectivity index (χ1n) is 16.1. The van der Waals surface area contributed by atoms with E-state index >= 15 is 0 Å². The van der Waals surface area contributed by atoms with Gasteiger partial charge in [-0.3, -0.25) is 24.0 Å². The Morgan fingerprint density at radius 2 is 1.12 bits per heavy atom. The Labute approximate surface area is 303 Å². The number of esters is 6. The molecule has 1 N–H and O–H groups in total. The molecule has 4 rings (SSSR count). The van der Waals surface area contributed by atoms with Gasteiger partial charge in [0.25, 0.3) is 0 Å². The number of carbonyl (C=O) groups is 6. The van der Waals surface area contributed by atoms with E-state index in [1.165, 1.54) is 12.1 Å². The molecule has 2 saturated heterocycles. The maximum absolute atomic E-state index is 12.8. The lowest BCUT2D eigenvalue weighted by atomic mass is 9.96. The summed E-state index contributed by atoms with van der Waals surface area (Å²) in [6, 6.07) is 16.8. The minimum Gasteiger partial charge on any atom is -0.463 e. The Kier molecular flexibility index (Phi) is 14.5. The van der Waals surface area contributed by atoms with Crippen LogP contribution in [0.25, 0.3) is 0 Å². The molecule has 0 bridgehead atoms. The summed E-state index contributed by atoms with van der Waals surface area (Å²) in [5, 5.41) is 11.3. The van der Waals surface area contributed by atoms with E-state index in [9.17, 15) is 33.9 Å². The summed E-state index contributed by atoms with van der Waals surface area (Å²) in [5.74, 6) is -4.78.